The molecule has 0 radical (unpaired) electrons. The van der Waals surface area contributed by atoms with Gasteiger partial charge in [-0.1, -0.05) is 30.3 Å². The summed E-state index contributed by atoms with van der Waals surface area (Å²) >= 11 is 0. The van der Waals surface area contributed by atoms with Crippen LogP contribution in [0, 0.1) is 0 Å². The number of carbonyl (C=O) groups excluding carboxylic acids is 2. The van der Waals surface area contributed by atoms with Gasteiger partial charge in [-0.15, -0.1) is 0 Å². The predicted octanol–water partition coefficient (Wildman–Crippen LogP) is 0.739. The predicted molar refractivity (Wildman–Crippen MR) is 87.6 cm³/mol. The zero-order chi connectivity index (χ0) is 18.2. The van der Waals surface area contributed by atoms with Crippen LogP contribution in [-0.4, -0.2) is 58.3 Å². The van der Waals surface area contributed by atoms with Crippen LogP contribution in [0.25, 0.3) is 0 Å². The van der Waals surface area contributed by atoms with Crippen molar-refractivity contribution in [1.29, 1.82) is 0 Å². The summed E-state index contributed by atoms with van der Waals surface area (Å²) in [5, 5.41) is 20.3. The zero-order valence-electron chi connectivity index (χ0n) is 13.8. The first-order valence-electron chi connectivity index (χ1n) is 8.14. The fraction of sp³-hybridized carbons (Fsp3) is 0.471. The molecule has 0 bridgehead atoms. The molecule has 1 fully saturated rings. The SMILES string of the molecule is O=C(O)[C@H](CCO)NC(=O)[C@@H]1CCCN1C(=O)OCc1ccccc1. The number of nitrogens with one attached hydrogen (secondary N) is 1. The average molecular weight is 350 g/mol. The Morgan fingerprint density at radius 1 is 1.28 bits per heavy atom. The molecule has 1 aromatic rings. The fourth-order valence-corrected chi connectivity index (χ4v) is 2.71. The van der Waals surface area contributed by atoms with Gasteiger partial charge in [0.15, 0.2) is 0 Å². The normalized spacial score (nSPS) is 17.8. The molecule has 8 heteroatoms. The molecule has 0 aromatic heterocycles. The second kappa shape index (κ2) is 9.03. The Morgan fingerprint density at radius 2 is 2.00 bits per heavy atom. The van der Waals surface area contributed by atoms with Crippen LogP contribution in [0.4, 0.5) is 4.79 Å². The molecule has 1 aromatic carbocycles. The Hall–Kier alpha value is -2.61. The molecule has 2 amide bonds. The minimum Gasteiger partial charge on any atom is -0.480 e. The molecule has 0 spiro atoms. The zero-order valence-corrected chi connectivity index (χ0v) is 13.8. The van der Waals surface area contributed by atoms with E-state index in [9.17, 15) is 14.4 Å². The summed E-state index contributed by atoms with van der Waals surface area (Å²) in [6.45, 7) is 0.126. The van der Waals surface area contributed by atoms with E-state index in [4.69, 9.17) is 14.9 Å². The number of ether oxygens (including phenoxy) is 1. The van der Waals surface area contributed by atoms with Gasteiger partial charge < -0.3 is 20.3 Å². The Labute approximate surface area is 145 Å². The van der Waals surface area contributed by atoms with E-state index in [0.717, 1.165) is 5.56 Å². The van der Waals surface area contributed by atoms with Crippen molar-refractivity contribution in [3.8, 4) is 0 Å². The summed E-state index contributed by atoms with van der Waals surface area (Å²) in [4.78, 5) is 37.0. The number of benzene rings is 1. The van der Waals surface area contributed by atoms with Crippen molar-refractivity contribution in [3.63, 3.8) is 0 Å². The van der Waals surface area contributed by atoms with Gasteiger partial charge in [0.05, 0.1) is 0 Å². The summed E-state index contributed by atoms with van der Waals surface area (Å²) in [7, 11) is 0. The second-order valence-electron chi connectivity index (χ2n) is 5.80. The van der Waals surface area contributed by atoms with E-state index in [0.29, 0.717) is 19.4 Å². The van der Waals surface area contributed by atoms with Crippen LogP contribution in [0.1, 0.15) is 24.8 Å². The summed E-state index contributed by atoms with van der Waals surface area (Å²) in [5.74, 6) is -1.77. The summed E-state index contributed by atoms with van der Waals surface area (Å²) in [5.41, 5.74) is 0.838. The van der Waals surface area contributed by atoms with Crippen LogP contribution < -0.4 is 5.32 Å². The summed E-state index contributed by atoms with van der Waals surface area (Å²) in [6.07, 6.45) is 0.385. The maximum atomic E-state index is 12.3. The maximum absolute atomic E-state index is 12.3. The van der Waals surface area contributed by atoms with Gasteiger partial charge in [0.2, 0.25) is 5.91 Å². The number of carboxylic acids is 1. The number of hydrogen-bond donors (Lipinski definition) is 3. The number of nitrogens with zero attached hydrogens (tertiary/aromatic N) is 1. The first-order valence-corrected chi connectivity index (χ1v) is 8.14. The van der Waals surface area contributed by atoms with E-state index < -0.39 is 30.1 Å². The van der Waals surface area contributed by atoms with Crippen LogP contribution in [0.15, 0.2) is 30.3 Å². The van der Waals surface area contributed by atoms with Crippen molar-refractivity contribution in [2.24, 2.45) is 0 Å². The highest BCUT2D eigenvalue weighted by molar-refractivity contribution is 5.89. The Balaban J connectivity index is 1.92. The molecule has 3 N–H and O–H groups in total. The summed E-state index contributed by atoms with van der Waals surface area (Å²) < 4.78 is 5.24. The van der Waals surface area contributed by atoms with Gasteiger partial charge in [0, 0.05) is 19.6 Å². The van der Waals surface area contributed by atoms with Crippen molar-refractivity contribution in [2.75, 3.05) is 13.2 Å². The maximum Gasteiger partial charge on any atom is 0.410 e. The van der Waals surface area contributed by atoms with Crippen LogP contribution >= 0.6 is 0 Å². The average Bonchev–Trinajstić information content (AvgIpc) is 3.10. The number of amides is 2. The van der Waals surface area contributed by atoms with Crippen molar-refractivity contribution >= 4 is 18.0 Å². The topological polar surface area (TPSA) is 116 Å². The largest absolute Gasteiger partial charge is 0.480 e. The highest BCUT2D eigenvalue weighted by Crippen LogP contribution is 2.19. The van der Waals surface area contributed by atoms with Crippen molar-refractivity contribution in [2.45, 2.75) is 38.0 Å². The van der Waals surface area contributed by atoms with Gasteiger partial charge in [0.1, 0.15) is 18.7 Å². The molecule has 1 heterocycles. The van der Waals surface area contributed by atoms with E-state index in [1.807, 2.05) is 30.3 Å². The molecule has 136 valence electrons. The van der Waals surface area contributed by atoms with E-state index in [2.05, 4.69) is 5.32 Å². The smallest absolute Gasteiger partial charge is 0.410 e. The number of aliphatic hydroxyl groups excluding tert-OH is 1. The molecule has 2 rings (SSSR count). The Bertz CT molecular complexity index is 606. The third-order valence-electron chi connectivity index (χ3n) is 4.03. The monoisotopic (exact) mass is 350 g/mol. The third-order valence-corrected chi connectivity index (χ3v) is 4.03. The Morgan fingerprint density at radius 3 is 2.64 bits per heavy atom. The number of carboxylic acid groups (broad SMARTS) is 1. The number of hydrogen-bond acceptors (Lipinski definition) is 5. The number of carbonyl (C=O) groups is 3. The van der Waals surface area contributed by atoms with Gasteiger partial charge in [-0.2, -0.15) is 0 Å². The molecule has 1 saturated heterocycles. The highest BCUT2D eigenvalue weighted by Gasteiger charge is 2.36. The standard InChI is InChI=1S/C17H22N2O6/c20-10-8-13(16(22)23)18-15(21)14-7-4-9-19(14)17(24)25-11-12-5-2-1-3-6-12/h1-3,5-6,13-14,20H,4,7-11H2,(H,18,21)(H,22,23)/t13-,14-/m0/s1. The second-order valence-corrected chi connectivity index (χ2v) is 5.80. The van der Waals surface area contributed by atoms with Gasteiger partial charge >= 0.3 is 12.1 Å². The minimum absolute atomic E-state index is 0.0910. The lowest BCUT2D eigenvalue weighted by molar-refractivity contribution is -0.142. The number of likely N-dealkylation sites (tertiary alicyclic amines) is 1. The molecule has 2 atom stereocenters. The molecular weight excluding hydrogens is 328 g/mol. The van der Waals surface area contributed by atoms with E-state index in [-0.39, 0.29) is 19.6 Å². The number of rotatable bonds is 7. The van der Waals surface area contributed by atoms with Crippen LogP contribution in [0.3, 0.4) is 0 Å². The van der Waals surface area contributed by atoms with Gasteiger partial charge in [0.25, 0.3) is 0 Å². The van der Waals surface area contributed by atoms with Crippen LogP contribution in [0.2, 0.25) is 0 Å². The fourth-order valence-electron chi connectivity index (χ4n) is 2.71. The molecule has 0 unspecified atom stereocenters. The van der Waals surface area contributed by atoms with Crippen molar-refractivity contribution in [1.82, 2.24) is 10.2 Å². The first-order chi connectivity index (χ1) is 12.0. The quantitative estimate of drug-likeness (QED) is 0.668. The van der Waals surface area contributed by atoms with Gasteiger partial charge in [-0.25, -0.2) is 9.59 Å². The number of aliphatic carboxylic acids is 1. The van der Waals surface area contributed by atoms with Crippen molar-refractivity contribution in [3.05, 3.63) is 35.9 Å². The lowest BCUT2D eigenvalue weighted by Crippen LogP contribution is -2.51. The molecule has 8 nitrogen and oxygen atoms in total. The molecular formula is C17H22N2O6. The van der Waals surface area contributed by atoms with Crippen LogP contribution in [0.5, 0.6) is 0 Å². The lowest BCUT2D eigenvalue weighted by atomic mass is 10.1. The van der Waals surface area contributed by atoms with E-state index >= 15 is 0 Å². The highest BCUT2D eigenvalue weighted by atomic mass is 16.6. The van der Waals surface area contributed by atoms with Gasteiger partial charge in [-0.3, -0.25) is 9.69 Å². The molecule has 1 aliphatic rings. The molecule has 25 heavy (non-hydrogen) atoms. The lowest BCUT2D eigenvalue weighted by Gasteiger charge is -2.24. The van der Waals surface area contributed by atoms with Gasteiger partial charge in [-0.05, 0) is 18.4 Å². The number of aliphatic hydroxyl groups is 1. The molecule has 1 aliphatic heterocycles. The van der Waals surface area contributed by atoms with E-state index in [1.54, 1.807) is 0 Å². The van der Waals surface area contributed by atoms with Crippen LogP contribution in [-0.2, 0) is 20.9 Å². The molecule has 0 aliphatic carbocycles. The molecule has 0 saturated carbocycles. The minimum atomic E-state index is -1.22. The van der Waals surface area contributed by atoms with Crippen molar-refractivity contribution < 1.29 is 29.3 Å². The Kier molecular flexibility index (Phi) is 6.76. The van der Waals surface area contributed by atoms with E-state index in [1.165, 1.54) is 4.90 Å². The first kappa shape index (κ1) is 18.7. The summed E-state index contributed by atoms with van der Waals surface area (Å²) in [6, 6.07) is 7.24. The third kappa shape index (κ3) is 5.18.